The van der Waals surface area contributed by atoms with Crippen LogP contribution in [0.4, 0.5) is 5.69 Å². The van der Waals surface area contributed by atoms with Crippen molar-refractivity contribution in [3.63, 3.8) is 0 Å². The van der Waals surface area contributed by atoms with Crippen molar-refractivity contribution in [2.75, 3.05) is 23.9 Å². The molecule has 0 aromatic heterocycles. The van der Waals surface area contributed by atoms with Crippen molar-refractivity contribution in [2.24, 2.45) is 0 Å². The van der Waals surface area contributed by atoms with E-state index in [-0.39, 0.29) is 12.3 Å². The van der Waals surface area contributed by atoms with Gasteiger partial charge in [-0.25, -0.2) is 8.42 Å². The van der Waals surface area contributed by atoms with Crippen LogP contribution >= 0.6 is 34.8 Å². The summed E-state index contributed by atoms with van der Waals surface area (Å²) in [6.07, 6.45) is 1.17. The zero-order valence-electron chi connectivity index (χ0n) is 8.43. The van der Waals surface area contributed by atoms with Gasteiger partial charge in [0.1, 0.15) is 9.84 Å². The maximum Gasteiger partial charge on any atom is 0.149 e. The van der Waals surface area contributed by atoms with Gasteiger partial charge in [0.15, 0.2) is 0 Å². The highest BCUT2D eigenvalue weighted by Crippen LogP contribution is 2.31. The third-order valence-electron chi connectivity index (χ3n) is 1.80. The molecule has 1 aromatic rings. The molecule has 0 aliphatic heterocycles. The minimum absolute atomic E-state index is 0.0313. The van der Waals surface area contributed by atoms with Gasteiger partial charge in [0.05, 0.1) is 26.5 Å². The van der Waals surface area contributed by atoms with Crippen molar-refractivity contribution in [1.82, 2.24) is 0 Å². The molecule has 0 amide bonds. The first-order valence-corrected chi connectivity index (χ1v) is 7.55. The fourth-order valence-corrected chi connectivity index (χ4v) is 2.12. The highest BCUT2D eigenvalue weighted by atomic mass is 35.5. The highest BCUT2D eigenvalue weighted by molar-refractivity contribution is 7.90. The first-order chi connectivity index (χ1) is 7.29. The molecule has 0 bridgehead atoms. The van der Waals surface area contributed by atoms with Gasteiger partial charge in [-0.15, -0.1) is 0 Å². The van der Waals surface area contributed by atoms with E-state index in [1.807, 2.05) is 0 Å². The first-order valence-electron chi connectivity index (χ1n) is 4.36. The van der Waals surface area contributed by atoms with E-state index in [0.29, 0.717) is 20.8 Å². The van der Waals surface area contributed by atoms with Crippen LogP contribution in [0.2, 0.25) is 15.1 Å². The van der Waals surface area contributed by atoms with Crippen LogP contribution in [-0.2, 0) is 9.84 Å². The lowest BCUT2D eigenvalue weighted by Gasteiger charge is -2.09. The Morgan fingerprint density at radius 2 is 1.69 bits per heavy atom. The van der Waals surface area contributed by atoms with E-state index in [9.17, 15) is 8.42 Å². The summed E-state index contributed by atoms with van der Waals surface area (Å²) >= 11 is 17.5. The van der Waals surface area contributed by atoms with Crippen molar-refractivity contribution in [1.29, 1.82) is 0 Å². The average molecular weight is 303 g/mol. The van der Waals surface area contributed by atoms with E-state index >= 15 is 0 Å². The number of sulfone groups is 1. The SMILES string of the molecule is CS(=O)(=O)CCNc1cc(Cl)c(Cl)cc1Cl. The zero-order chi connectivity index (χ0) is 12.3. The van der Waals surface area contributed by atoms with Crippen molar-refractivity contribution in [2.45, 2.75) is 0 Å². The molecule has 1 N–H and O–H groups in total. The summed E-state index contributed by atoms with van der Waals surface area (Å²) in [5, 5.41) is 4.02. The molecule has 0 aliphatic rings. The minimum atomic E-state index is -2.99. The topological polar surface area (TPSA) is 46.2 Å². The molecule has 0 atom stereocenters. The highest BCUT2D eigenvalue weighted by Gasteiger charge is 2.07. The summed E-state index contributed by atoms with van der Waals surface area (Å²) in [6.45, 7) is 0.274. The van der Waals surface area contributed by atoms with Crippen LogP contribution in [0.3, 0.4) is 0 Å². The number of benzene rings is 1. The second-order valence-corrected chi connectivity index (χ2v) is 6.78. The Labute approximate surface area is 110 Å². The standard InChI is InChI=1S/C9H10Cl3NO2S/c1-16(14,15)3-2-13-9-5-7(11)6(10)4-8(9)12/h4-5,13H,2-3H2,1H3. The summed E-state index contributed by atoms with van der Waals surface area (Å²) in [5.74, 6) is 0.0313. The molecule has 16 heavy (non-hydrogen) atoms. The van der Waals surface area contributed by atoms with Gasteiger partial charge in [-0.05, 0) is 12.1 Å². The molecule has 90 valence electrons. The van der Waals surface area contributed by atoms with Crippen LogP contribution in [0.5, 0.6) is 0 Å². The maximum atomic E-state index is 10.9. The van der Waals surface area contributed by atoms with Crippen molar-refractivity contribution in [3.8, 4) is 0 Å². The lowest BCUT2D eigenvalue weighted by Crippen LogP contribution is -2.14. The summed E-state index contributed by atoms with van der Waals surface area (Å²) in [7, 11) is -2.99. The van der Waals surface area contributed by atoms with Gasteiger partial charge in [-0.2, -0.15) is 0 Å². The Bertz CT molecular complexity index is 488. The lowest BCUT2D eigenvalue weighted by molar-refractivity contribution is 0.602. The molecule has 3 nitrogen and oxygen atoms in total. The Hall–Kier alpha value is -0.160. The van der Waals surface area contributed by atoms with Crippen LogP contribution in [0.25, 0.3) is 0 Å². The predicted molar refractivity (Wildman–Crippen MR) is 69.7 cm³/mol. The number of nitrogens with one attached hydrogen (secondary N) is 1. The summed E-state index contributed by atoms with van der Waals surface area (Å²) in [5.41, 5.74) is 0.569. The van der Waals surface area contributed by atoms with Gasteiger partial charge in [-0.3, -0.25) is 0 Å². The largest absolute Gasteiger partial charge is 0.383 e. The Morgan fingerprint density at radius 3 is 2.25 bits per heavy atom. The molecule has 1 rings (SSSR count). The third-order valence-corrected chi connectivity index (χ3v) is 3.78. The summed E-state index contributed by atoms with van der Waals surface area (Å²) in [4.78, 5) is 0. The fourth-order valence-electron chi connectivity index (χ4n) is 1.03. The molecule has 1 aromatic carbocycles. The smallest absolute Gasteiger partial charge is 0.149 e. The zero-order valence-corrected chi connectivity index (χ0v) is 11.5. The number of hydrogen-bond acceptors (Lipinski definition) is 3. The number of anilines is 1. The van der Waals surface area contributed by atoms with Crippen LogP contribution in [0, 0.1) is 0 Å². The Morgan fingerprint density at radius 1 is 1.12 bits per heavy atom. The lowest BCUT2D eigenvalue weighted by atomic mass is 10.3. The summed E-state index contributed by atoms with van der Waals surface area (Å²) in [6, 6.07) is 3.07. The molecular formula is C9H10Cl3NO2S. The van der Waals surface area contributed by atoms with Gasteiger partial charge in [0, 0.05) is 12.8 Å². The van der Waals surface area contributed by atoms with Gasteiger partial charge < -0.3 is 5.32 Å². The molecule has 0 fully saturated rings. The summed E-state index contributed by atoms with van der Waals surface area (Å²) < 4.78 is 21.8. The maximum absolute atomic E-state index is 10.9. The first kappa shape index (κ1) is 13.9. The van der Waals surface area contributed by atoms with E-state index < -0.39 is 9.84 Å². The molecule has 0 saturated carbocycles. The van der Waals surface area contributed by atoms with E-state index in [4.69, 9.17) is 34.8 Å². The normalized spacial score (nSPS) is 11.5. The number of rotatable bonds is 4. The van der Waals surface area contributed by atoms with Crippen molar-refractivity contribution in [3.05, 3.63) is 27.2 Å². The van der Waals surface area contributed by atoms with Gasteiger partial charge in [-0.1, -0.05) is 34.8 Å². The van der Waals surface area contributed by atoms with Gasteiger partial charge in [0.25, 0.3) is 0 Å². The third kappa shape index (κ3) is 4.37. The van der Waals surface area contributed by atoms with Crippen molar-refractivity contribution >= 4 is 50.3 Å². The van der Waals surface area contributed by atoms with E-state index in [0.717, 1.165) is 0 Å². The molecule has 7 heteroatoms. The van der Waals surface area contributed by atoms with Crippen LogP contribution in [0.1, 0.15) is 0 Å². The second kappa shape index (κ2) is 5.45. The number of hydrogen-bond donors (Lipinski definition) is 1. The van der Waals surface area contributed by atoms with Gasteiger partial charge in [0.2, 0.25) is 0 Å². The molecule has 0 radical (unpaired) electrons. The van der Waals surface area contributed by atoms with E-state index in [1.54, 1.807) is 6.07 Å². The second-order valence-electron chi connectivity index (χ2n) is 3.30. The minimum Gasteiger partial charge on any atom is -0.383 e. The van der Waals surface area contributed by atoms with Crippen LogP contribution < -0.4 is 5.32 Å². The average Bonchev–Trinajstić information content (AvgIpc) is 2.11. The van der Waals surface area contributed by atoms with Crippen LogP contribution in [-0.4, -0.2) is 27.0 Å². The Kier molecular flexibility index (Phi) is 4.73. The number of halogens is 3. The monoisotopic (exact) mass is 301 g/mol. The van der Waals surface area contributed by atoms with Gasteiger partial charge >= 0.3 is 0 Å². The molecule has 0 spiro atoms. The molecule has 0 heterocycles. The quantitative estimate of drug-likeness (QED) is 0.869. The van der Waals surface area contributed by atoms with Crippen LogP contribution in [0.15, 0.2) is 12.1 Å². The predicted octanol–water partition coefficient (Wildman–Crippen LogP) is 3.10. The van der Waals surface area contributed by atoms with E-state index in [2.05, 4.69) is 5.32 Å². The van der Waals surface area contributed by atoms with E-state index in [1.165, 1.54) is 12.3 Å². The molecular weight excluding hydrogens is 293 g/mol. The fraction of sp³-hybridized carbons (Fsp3) is 0.333. The molecule has 0 aliphatic carbocycles. The van der Waals surface area contributed by atoms with Crippen molar-refractivity contribution < 1.29 is 8.42 Å². The molecule has 0 unspecified atom stereocenters. The Balaban J connectivity index is 2.71. The molecule has 0 saturated heterocycles.